The van der Waals surface area contributed by atoms with E-state index in [4.69, 9.17) is 0 Å². The van der Waals surface area contributed by atoms with Crippen molar-refractivity contribution in [3.63, 3.8) is 0 Å². The van der Waals surface area contributed by atoms with Gasteiger partial charge in [-0.15, -0.1) is 13.1 Å². The van der Waals surface area contributed by atoms with Crippen LogP contribution in [0.5, 0.6) is 0 Å². The van der Waals surface area contributed by atoms with E-state index in [-0.39, 0.29) is 11.8 Å². The normalized spacial score (nSPS) is 9.68. The first kappa shape index (κ1) is 29.0. The first-order chi connectivity index (χ1) is 14.8. The van der Waals surface area contributed by atoms with Crippen LogP contribution in [0.1, 0.15) is 61.3 Å². The van der Waals surface area contributed by atoms with E-state index in [1.165, 1.54) is 0 Å². The van der Waals surface area contributed by atoms with Crippen LogP contribution in [-0.4, -0.2) is 24.9 Å². The zero-order valence-electron chi connectivity index (χ0n) is 18.7. The first-order valence-corrected chi connectivity index (χ1v) is 11.5. The number of carbonyl (C=O) groups excluding carboxylic acids is 2. The van der Waals surface area contributed by atoms with Gasteiger partial charge in [0.05, 0.1) is 11.8 Å². The molecule has 0 saturated heterocycles. The van der Waals surface area contributed by atoms with E-state index in [1.54, 1.807) is 24.3 Å². The molecule has 0 radical (unpaired) electrons. The van der Waals surface area contributed by atoms with Crippen LogP contribution in [0.15, 0.2) is 60.7 Å². The molecule has 2 amide bonds. The Hall–Kier alpha value is -2.05. The predicted octanol–water partition coefficient (Wildman–Crippen LogP) is 7.33. The zero-order chi connectivity index (χ0) is 23.5. The summed E-state index contributed by atoms with van der Waals surface area (Å²) in [5.41, 5.74) is 1.35. The molecule has 0 heterocycles. The van der Waals surface area contributed by atoms with Gasteiger partial charge in [0.15, 0.2) is 0 Å². The molecule has 0 aliphatic rings. The van der Waals surface area contributed by atoms with Crippen LogP contribution in [-0.2, 0) is 20.2 Å². The number of hydrogen-bond donors (Lipinski definition) is 0. The number of carbonyl (C=O) groups is 2. The Balaban J connectivity index is 0.000000516. The van der Waals surface area contributed by atoms with Gasteiger partial charge in [0.2, 0.25) is 0 Å². The van der Waals surface area contributed by atoms with Gasteiger partial charge in [0.1, 0.15) is 0 Å². The second kappa shape index (κ2) is 18.7. The molecule has 4 nitrogen and oxygen atoms in total. The molecule has 0 aliphatic carbocycles. The molecule has 0 atom stereocenters. The van der Waals surface area contributed by atoms with Crippen LogP contribution in [0.25, 0.3) is 10.6 Å². The third-order valence-electron chi connectivity index (χ3n) is 3.97. The van der Waals surface area contributed by atoms with E-state index in [2.05, 4.69) is 38.3 Å². The molecule has 2 aromatic carbocycles. The van der Waals surface area contributed by atoms with Crippen molar-refractivity contribution in [1.82, 2.24) is 0 Å². The summed E-state index contributed by atoms with van der Waals surface area (Å²) in [5.74, 6) is 0.988. The van der Waals surface area contributed by atoms with Gasteiger partial charge in [0.25, 0.3) is 0 Å². The number of nitrogens with zero attached hydrogens (tertiary/aromatic N) is 2. The molecule has 0 spiro atoms. The molecule has 2 rings (SSSR count). The van der Waals surface area contributed by atoms with Crippen LogP contribution in [0.3, 0.4) is 0 Å². The number of hydrogen-bond acceptors (Lipinski definition) is 2. The van der Waals surface area contributed by atoms with Crippen molar-refractivity contribution in [2.45, 2.75) is 40.5 Å². The monoisotopic (exact) mass is 466 g/mol. The number of amides is 2. The van der Waals surface area contributed by atoms with Crippen LogP contribution in [0, 0.1) is 11.8 Å². The quantitative estimate of drug-likeness (QED) is 0.383. The van der Waals surface area contributed by atoms with E-state index in [9.17, 15) is 15.8 Å². The minimum absolute atomic E-state index is 0.105. The summed E-state index contributed by atoms with van der Waals surface area (Å²) in [6.45, 7) is 9.77. The molecule has 170 valence electrons. The topological polar surface area (TPSA) is 62.3 Å². The van der Waals surface area contributed by atoms with E-state index in [0.29, 0.717) is 36.1 Å². The van der Waals surface area contributed by atoms with Crippen LogP contribution >= 0.6 is 0 Å². The van der Waals surface area contributed by atoms with Gasteiger partial charge in [-0.3, -0.25) is 0 Å². The van der Waals surface area contributed by atoms with Crippen molar-refractivity contribution >= 4 is 11.8 Å². The Labute approximate surface area is 195 Å². The molecule has 0 fully saturated rings. The molecule has 31 heavy (non-hydrogen) atoms. The van der Waals surface area contributed by atoms with Gasteiger partial charge in [-0.1, -0.05) is 101 Å². The zero-order valence-corrected chi connectivity index (χ0v) is 20.3. The number of benzene rings is 2. The fourth-order valence-corrected chi connectivity index (χ4v) is 2.19. The van der Waals surface area contributed by atoms with Crippen molar-refractivity contribution in [3.8, 4) is 0 Å². The molecular weight excluding hydrogens is 434 g/mol. The average molecular weight is 466 g/mol. The average Bonchev–Trinajstić information content (AvgIpc) is 2.75. The second-order valence-corrected chi connectivity index (χ2v) is 7.77. The van der Waals surface area contributed by atoms with Crippen LogP contribution < -0.4 is 0 Å². The van der Waals surface area contributed by atoms with Gasteiger partial charge in [-0.25, -0.2) is 0 Å². The van der Waals surface area contributed by atoms with E-state index in [1.807, 2.05) is 36.4 Å². The van der Waals surface area contributed by atoms with Gasteiger partial charge >= 0.3 is 26.4 Å². The summed E-state index contributed by atoms with van der Waals surface area (Å²) in [6, 6.07) is 18.4. The maximum atomic E-state index is 11.5. The van der Waals surface area contributed by atoms with Crippen molar-refractivity contribution < 1.29 is 36.0 Å². The summed E-state index contributed by atoms with van der Waals surface area (Å²) in [4.78, 5) is 22.9. The molecule has 2 aromatic rings. The molecule has 0 saturated carbocycles. The second-order valence-electron chi connectivity index (χ2n) is 7.54. The molecular formula is C24H32F2N2O2Ti-2. The van der Waals surface area contributed by atoms with Crippen LogP contribution in [0.2, 0.25) is 0 Å². The van der Waals surface area contributed by atoms with Crippen molar-refractivity contribution in [2.24, 2.45) is 11.8 Å². The van der Waals surface area contributed by atoms with Gasteiger partial charge < -0.3 is 20.2 Å². The van der Waals surface area contributed by atoms with Crippen molar-refractivity contribution in [1.29, 1.82) is 0 Å². The predicted molar refractivity (Wildman–Crippen MR) is 119 cm³/mol. The van der Waals surface area contributed by atoms with E-state index in [0.717, 1.165) is 12.8 Å². The molecule has 0 N–H and O–H groups in total. The summed E-state index contributed by atoms with van der Waals surface area (Å²) >= 11 is -2.50. The molecule has 0 unspecified atom stereocenters. The summed E-state index contributed by atoms with van der Waals surface area (Å²) in [6.07, 6.45) is 1.94. The summed E-state index contributed by atoms with van der Waals surface area (Å²) in [5, 5.41) is 7.99. The Kier molecular flexibility index (Phi) is 17.5. The standard InChI is InChI=1S/2C12H17NO.2FH.Ti/c2*1-10(2)8-9-13-12(14)11-6-4-3-5-7-11;;;/h2*3-7,10H,8-9H2,1-2H3,(H,13,14);2*1H;/q;;;;+2/p-4. The van der Waals surface area contributed by atoms with Crippen LogP contribution in [0.4, 0.5) is 6.18 Å². The maximum absolute atomic E-state index is 11.5. The fraction of sp³-hybridized carbons (Fsp3) is 0.417. The molecule has 0 aliphatic heterocycles. The van der Waals surface area contributed by atoms with Gasteiger partial charge in [-0.2, -0.15) is 0 Å². The Morgan fingerprint density at radius 2 is 1.00 bits per heavy atom. The first-order valence-electron chi connectivity index (χ1n) is 10.3. The van der Waals surface area contributed by atoms with E-state index < -0.39 is 20.2 Å². The Bertz CT molecular complexity index is 653. The minimum atomic E-state index is -2.50. The molecule has 7 heteroatoms. The van der Waals surface area contributed by atoms with Crippen molar-refractivity contribution in [3.05, 3.63) is 82.4 Å². The van der Waals surface area contributed by atoms with E-state index >= 15 is 0 Å². The van der Waals surface area contributed by atoms with Gasteiger partial charge in [0, 0.05) is 0 Å². The Morgan fingerprint density at radius 1 is 0.710 bits per heavy atom. The third kappa shape index (κ3) is 16.3. The SMILES string of the molecule is CC(C)CC[N-]C(=O)c1ccccc1.CC(C)CC[N-]C(=O)c1ccccc1.[F][Ti][F]. The van der Waals surface area contributed by atoms with Crippen molar-refractivity contribution in [2.75, 3.05) is 13.1 Å². The molecule has 0 aromatic heterocycles. The molecule has 0 bridgehead atoms. The summed E-state index contributed by atoms with van der Waals surface area (Å²) in [7, 11) is 0. The number of halogens is 2. The third-order valence-corrected chi connectivity index (χ3v) is 3.97. The van der Waals surface area contributed by atoms with Gasteiger partial charge in [-0.05, 0) is 23.0 Å². The fourth-order valence-electron chi connectivity index (χ4n) is 2.19. The summed E-state index contributed by atoms with van der Waals surface area (Å²) < 4.78 is 19.5. The number of rotatable bonds is 8. The Morgan fingerprint density at radius 3 is 1.26 bits per heavy atom.